The quantitative estimate of drug-likeness (QED) is 0.645. The number of nitrogen functional groups attached to an aromatic ring is 1. The van der Waals surface area contributed by atoms with E-state index in [0.29, 0.717) is 35.2 Å². The van der Waals surface area contributed by atoms with E-state index >= 15 is 0 Å². The maximum Gasteiger partial charge on any atom is 0.255 e. The summed E-state index contributed by atoms with van der Waals surface area (Å²) in [6.07, 6.45) is 0. The Kier molecular flexibility index (Phi) is 6.00. The first-order valence-electron chi connectivity index (χ1n) is 8.10. The highest BCUT2D eigenvalue weighted by Crippen LogP contribution is 2.29. The highest BCUT2D eigenvalue weighted by Gasteiger charge is 2.12. The van der Waals surface area contributed by atoms with Gasteiger partial charge in [-0.3, -0.25) is 4.79 Å². The number of methoxy groups -OCH3 is 1. The van der Waals surface area contributed by atoms with Crippen LogP contribution in [0.4, 0.5) is 10.2 Å². The number of rotatable bonds is 7. The number of ether oxygens (including phenoxy) is 2. The molecule has 0 saturated heterocycles. The molecular weight excluding hydrogens is 369 g/mol. The summed E-state index contributed by atoms with van der Waals surface area (Å²) in [5, 5.41) is 3.40. The van der Waals surface area contributed by atoms with Crippen molar-refractivity contribution in [2.24, 2.45) is 0 Å². The Bertz CT molecular complexity index is 945. The van der Waals surface area contributed by atoms with Crippen molar-refractivity contribution in [1.29, 1.82) is 0 Å². The van der Waals surface area contributed by atoms with Gasteiger partial charge in [-0.2, -0.15) is 0 Å². The number of hydrogen-bond donors (Lipinski definition) is 2. The number of anilines is 1. The van der Waals surface area contributed by atoms with Gasteiger partial charge in [-0.05, 0) is 36.4 Å². The molecule has 3 aromatic rings. The minimum atomic E-state index is -0.362. The second-order valence-electron chi connectivity index (χ2n) is 5.63. The van der Waals surface area contributed by atoms with E-state index in [1.165, 1.54) is 23.5 Å². The van der Waals surface area contributed by atoms with Crippen LogP contribution < -0.4 is 15.8 Å². The highest BCUT2D eigenvalue weighted by atomic mass is 32.1. The normalized spacial score (nSPS) is 10.6. The maximum atomic E-state index is 13.2. The number of pyridine rings is 1. The Morgan fingerprint density at radius 1 is 1.26 bits per heavy atom. The first kappa shape index (κ1) is 18.8. The van der Waals surface area contributed by atoms with E-state index in [4.69, 9.17) is 15.2 Å². The molecule has 0 bridgehead atoms. The zero-order chi connectivity index (χ0) is 19.2. The van der Waals surface area contributed by atoms with E-state index in [0.717, 1.165) is 4.88 Å². The molecule has 0 atom stereocenters. The fourth-order valence-corrected chi connectivity index (χ4v) is 3.17. The molecule has 27 heavy (non-hydrogen) atoms. The van der Waals surface area contributed by atoms with E-state index in [1.807, 2.05) is 6.07 Å². The van der Waals surface area contributed by atoms with Gasteiger partial charge in [-0.15, -0.1) is 11.3 Å². The molecule has 1 aromatic carbocycles. The lowest BCUT2D eigenvalue weighted by Gasteiger charge is -2.07. The van der Waals surface area contributed by atoms with Crippen LogP contribution in [-0.2, 0) is 17.9 Å². The number of nitrogens with two attached hydrogens (primary N) is 1. The van der Waals surface area contributed by atoms with Gasteiger partial charge in [0.2, 0.25) is 0 Å². The van der Waals surface area contributed by atoms with Crippen molar-refractivity contribution < 1.29 is 18.7 Å². The van der Waals surface area contributed by atoms with Crippen molar-refractivity contribution >= 4 is 23.1 Å². The molecule has 140 valence electrons. The SMILES string of the molecule is COCc1ccc(C(=O)NCc2ccc(Oc3cccc(F)c3)s2)c(N)n1. The van der Waals surface area contributed by atoms with E-state index in [9.17, 15) is 9.18 Å². The van der Waals surface area contributed by atoms with Crippen molar-refractivity contribution in [3.63, 3.8) is 0 Å². The van der Waals surface area contributed by atoms with Gasteiger partial charge in [0, 0.05) is 18.1 Å². The monoisotopic (exact) mass is 387 g/mol. The molecule has 8 heteroatoms. The molecular formula is C19H18FN3O3S. The van der Waals surface area contributed by atoms with Gasteiger partial charge in [0.1, 0.15) is 17.4 Å². The van der Waals surface area contributed by atoms with Crippen molar-refractivity contribution in [2.45, 2.75) is 13.2 Å². The summed E-state index contributed by atoms with van der Waals surface area (Å²) in [4.78, 5) is 17.3. The average molecular weight is 387 g/mol. The van der Waals surface area contributed by atoms with Gasteiger partial charge < -0.3 is 20.5 Å². The summed E-state index contributed by atoms with van der Waals surface area (Å²) in [7, 11) is 1.56. The minimum Gasteiger partial charge on any atom is -0.447 e. The molecule has 3 N–H and O–H groups in total. The first-order valence-corrected chi connectivity index (χ1v) is 8.91. The zero-order valence-corrected chi connectivity index (χ0v) is 15.4. The predicted octanol–water partition coefficient (Wildman–Crippen LogP) is 3.73. The first-order chi connectivity index (χ1) is 13.0. The number of nitrogens with one attached hydrogen (secondary N) is 1. The number of hydrogen-bond acceptors (Lipinski definition) is 6. The van der Waals surface area contributed by atoms with Crippen LogP contribution in [0.25, 0.3) is 0 Å². The molecule has 2 aromatic heterocycles. The number of aromatic nitrogens is 1. The Labute approximate surface area is 159 Å². The van der Waals surface area contributed by atoms with Crippen molar-refractivity contribution in [2.75, 3.05) is 12.8 Å². The van der Waals surface area contributed by atoms with Gasteiger partial charge in [0.15, 0.2) is 5.06 Å². The fourth-order valence-electron chi connectivity index (χ4n) is 2.35. The molecule has 2 heterocycles. The summed E-state index contributed by atoms with van der Waals surface area (Å²) < 4.78 is 23.8. The molecule has 0 fully saturated rings. The molecule has 0 saturated carbocycles. The van der Waals surface area contributed by atoms with E-state index in [2.05, 4.69) is 10.3 Å². The van der Waals surface area contributed by atoms with Gasteiger partial charge in [0.05, 0.1) is 24.4 Å². The van der Waals surface area contributed by atoms with E-state index in [1.54, 1.807) is 37.4 Å². The lowest BCUT2D eigenvalue weighted by atomic mass is 10.2. The molecule has 1 amide bonds. The third kappa shape index (κ3) is 5.02. The number of carbonyl (C=O) groups excluding carboxylic acids is 1. The number of carbonyl (C=O) groups is 1. The van der Waals surface area contributed by atoms with Gasteiger partial charge in [-0.1, -0.05) is 6.07 Å². The standard InChI is InChI=1S/C19H18FN3O3S/c1-25-11-13-5-7-16(18(21)23-13)19(24)22-10-15-6-8-17(27-15)26-14-4-2-3-12(20)9-14/h2-9H,10-11H2,1H3,(H2,21,23)(H,22,24). The highest BCUT2D eigenvalue weighted by molar-refractivity contribution is 7.13. The molecule has 3 rings (SSSR count). The molecule has 0 aliphatic heterocycles. The number of halogens is 1. The lowest BCUT2D eigenvalue weighted by molar-refractivity contribution is 0.0951. The Hall–Kier alpha value is -2.97. The molecule has 0 spiro atoms. The van der Waals surface area contributed by atoms with E-state index < -0.39 is 0 Å². The number of nitrogens with zero attached hydrogens (tertiary/aromatic N) is 1. The number of benzene rings is 1. The summed E-state index contributed by atoms with van der Waals surface area (Å²) in [5.74, 6) is -0.102. The Morgan fingerprint density at radius 3 is 2.85 bits per heavy atom. The lowest BCUT2D eigenvalue weighted by Crippen LogP contribution is -2.24. The predicted molar refractivity (Wildman–Crippen MR) is 101 cm³/mol. The number of amides is 1. The number of thiophene rings is 1. The molecule has 6 nitrogen and oxygen atoms in total. The molecule has 0 aliphatic rings. The second-order valence-corrected chi connectivity index (χ2v) is 6.76. The van der Waals surface area contributed by atoms with Crippen LogP contribution in [0.2, 0.25) is 0 Å². The van der Waals surface area contributed by atoms with Crippen LogP contribution in [0, 0.1) is 5.82 Å². The summed E-state index contributed by atoms with van der Waals surface area (Å²) in [6.45, 7) is 0.644. The maximum absolute atomic E-state index is 13.2. The van der Waals surface area contributed by atoms with Crippen molar-refractivity contribution in [1.82, 2.24) is 10.3 Å². The summed E-state index contributed by atoms with van der Waals surface area (Å²) >= 11 is 1.36. The van der Waals surface area contributed by atoms with Crippen LogP contribution >= 0.6 is 11.3 Å². The second kappa shape index (κ2) is 8.61. The topological polar surface area (TPSA) is 86.5 Å². The van der Waals surface area contributed by atoms with Crippen LogP contribution in [0.1, 0.15) is 20.9 Å². The Morgan fingerprint density at radius 2 is 2.11 bits per heavy atom. The third-order valence-corrected chi connectivity index (χ3v) is 4.56. The fraction of sp³-hybridized carbons (Fsp3) is 0.158. The summed E-state index contributed by atoms with van der Waals surface area (Å²) in [6, 6.07) is 12.8. The van der Waals surface area contributed by atoms with E-state index in [-0.39, 0.29) is 17.5 Å². The van der Waals surface area contributed by atoms with Crippen LogP contribution in [0.5, 0.6) is 10.8 Å². The zero-order valence-electron chi connectivity index (χ0n) is 14.6. The third-order valence-electron chi connectivity index (χ3n) is 3.59. The largest absolute Gasteiger partial charge is 0.447 e. The average Bonchev–Trinajstić information content (AvgIpc) is 3.07. The van der Waals surface area contributed by atoms with Crippen LogP contribution in [-0.4, -0.2) is 18.0 Å². The van der Waals surface area contributed by atoms with Crippen LogP contribution in [0.15, 0.2) is 48.5 Å². The van der Waals surface area contributed by atoms with Crippen molar-refractivity contribution in [3.05, 3.63) is 70.5 Å². The van der Waals surface area contributed by atoms with Crippen molar-refractivity contribution in [3.8, 4) is 10.8 Å². The van der Waals surface area contributed by atoms with Gasteiger partial charge in [0.25, 0.3) is 5.91 Å². The van der Waals surface area contributed by atoms with Gasteiger partial charge in [-0.25, -0.2) is 9.37 Å². The molecule has 0 unspecified atom stereocenters. The summed E-state index contributed by atoms with van der Waals surface area (Å²) in [5.41, 5.74) is 6.81. The minimum absolute atomic E-state index is 0.156. The smallest absolute Gasteiger partial charge is 0.255 e. The molecule has 0 radical (unpaired) electrons. The van der Waals surface area contributed by atoms with Gasteiger partial charge >= 0.3 is 0 Å². The molecule has 0 aliphatic carbocycles. The Balaban J connectivity index is 1.59. The van der Waals surface area contributed by atoms with Crippen LogP contribution in [0.3, 0.4) is 0 Å².